The first-order chi connectivity index (χ1) is 10.7. The van der Waals surface area contributed by atoms with Crippen LogP contribution in [-0.2, 0) is 24.2 Å². The van der Waals surface area contributed by atoms with Crippen molar-refractivity contribution in [2.75, 3.05) is 16.8 Å². The number of halogens is 1. The van der Waals surface area contributed by atoms with E-state index >= 15 is 0 Å². The second-order valence-electron chi connectivity index (χ2n) is 5.60. The fourth-order valence-electron chi connectivity index (χ4n) is 2.34. The van der Waals surface area contributed by atoms with Crippen molar-refractivity contribution in [3.05, 3.63) is 29.3 Å². The molecule has 0 radical (unpaired) electrons. The first-order valence-electron chi connectivity index (χ1n) is 7.21. The third-order valence-corrected chi connectivity index (χ3v) is 5.66. The molecule has 1 aromatic rings. The van der Waals surface area contributed by atoms with Gasteiger partial charge in [-0.05, 0) is 43.5 Å². The Balaban J connectivity index is 1.81. The normalized spacial score (nSPS) is 20.7. The number of nitrogens with one attached hydrogen (secondary N) is 1. The monoisotopic (exact) mass is 359 g/mol. The third kappa shape index (κ3) is 5.51. The molecule has 0 spiro atoms. The predicted octanol–water partition coefficient (Wildman–Crippen LogP) is 2.04. The van der Waals surface area contributed by atoms with Crippen LogP contribution < -0.4 is 5.32 Å². The lowest BCUT2D eigenvalue weighted by atomic mass is 10.1. The number of rotatable bonds is 5. The highest BCUT2D eigenvalue weighted by molar-refractivity contribution is 7.91. The first kappa shape index (κ1) is 17.7. The van der Waals surface area contributed by atoms with Gasteiger partial charge < -0.3 is 10.1 Å². The third-order valence-electron chi connectivity index (χ3n) is 3.57. The predicted molar refractivity (Wildman–Crippen MR) is 87.0 cm³/mol. The van der Waals surface area contributed by atoms with Gasteiger partial charge in [0.25, 0.3) is 5.91 Å². The standard InChI is InChI=1S/C15H18ClNO5S/c1-10(15(19)17-13-4-2-12(16)3-5-13)22-14(18)8-11-6-7-23(20,21)9-11/h2-5,10-11H,6-9H2,1H3,(H,17,19)/t10-,11+/m0/s1. The number of hydrogen-bond donors (Lipinski definition) is 1. The fraction of sp³-hybridized carbons (Fsp3) is 0.467. The summed E-state index contributed by atoms with van der Waals surface area (Å²) < 4.78 is 27.8. The Morgan fingerprint density at radius 2 is 2.00 bits per heavy atom. The SMILES string of the molecule is C[C@H](OC(=O)C[C@H]1CCS(=O)(=O)C1)C(=O)Nc1ccc(Cl)cc1. The molecule has 126 valence electrons. The van der Waals surface area contributed by atoms with Crippen molar-refractivity contribution < 1.29 is 22.7 Å². The van der Waals surface area contributed by atoms with E-state index in [0.29, 0.717) is 17.1 Å². The molecule has 0 unspecified atom stereocenters. The van der Waals surface area contributed by atoms with Gasteiger partial charge in [0.2, 0.25) is 0 Å². The Morgan fingerprint density at radius 1 is 1.35 bits per heavy atom. The zero-order chi connectivity index (χ0) is 17.0. The van der Waals surface area contributed by atoms with Crippen molar-refractivity contribution in [3.63, 3.8) is 0 Å². The van der Waals surface area contributed by atoms with Crippen LogP contribution in [0.15, 0.2) is 24.3 Å². The van der Waals surface area contributed by atoms with E-state index in [1.165, 1.54) is 6.92 Å². The van der Waals surface area contributed by atoms with Crippen LogP contribution in [0.4, 0.5) is 5.69 Å². The van der Waals surface area contributed by atoms with Gasteiger partial charge in [-0.25, -0.2) is 8.42 Å². The molecule has 1 saturated heterocycles. The summed E-state index contributed by atoms with van der Waals surface area (Å²) in [6.07, 6.45) is -0.489. The second kappa shape index (κ2) is 7.31. The maximum Gasteiger partial charge on any atom is 0.306 e. The van der Waals surface area contributed by atoms with Crippen LogP contribution in [-0.4, -0.2) is 37.9 Å². The van der Waals surface area contributed by atoms with Crippen molar-refractivity contribution in [1.29, 1.82) is 0 Å². The van der Waals surface area contributed by atoms with E-state index in [4.69, 9.17) is 16.3 Å². The topological polar surface area (TPSA) is 89.5 Å². The highest BCUT2D eigenvalue weighted by atomic mass is 35.5. The molecule has 1 amide bonds. The van der Waals surface area contributed by atoms with Crippen LogP contribution >= 0.6 is 11.6 Å². The molecular weight excluding hydrogens is 342 g/mol. The number of sulfone groups is 1. The van der Waals surface area contributed by atoms with Gasteiger partial charge in [-0.2, -0.15) is 0 Å². The Labute approximate surface area is 140 Å². The first-order valence-corrected chi connectivity index (χ1v) is 9.41. The van der Waals surface area contributed by atoms with E-state index in [2.05, 4.69) is 5.32 Å². The molecule has 2 atom stereocenters. The summed E-state index contributed by atoms with van der Waals surface area (Å²) in [5.74, 6) is -1.13. The lowest BCUT2D eigenvalue weighted by Gasteiger charge is -2.15. The molecule has 8 heteroatoms. The van der Waals surface area contributed by atoms with Crippen molar-refractivity contribution in [1.82, 2.24) is 0 Å². The molecule has 1 fully saturated rings. The molecule has 0 bridgehead atoms. The molecule has 1 aliphatic rings. The summed E-state index contributed by atoms with van der Waals surface area (Å²) in [5, 5.41) is 3.16. The van der Waals surface area contributed by atoms with Crippen LogP contribution in [0.1, 0.15) is 19.8 Å². The van der Waals surface area contributed by atoms with Crippen LogP contribution in [0.25, 0.3) is 0 Å². The van der Waals surface area contributed by atoms with E-state index in [-0.39, 0.29) is 23.8 Å². The number of esters is 1. The van der Waals surface area contributed by atoms with Gasteiger partial charge >= 0.3 is 5.97 Å². The molecule has 1 aliphatic heterocycles. The largest absolute Gasteiger partial charge is 0.453 e. The van der Waals surface area contributed by atoms with E-state index < -0.39 is 27.8 Å². The van der Waals surface area contributed by atoms with Gasteiger partial charge in [-0.15, -0.1) is 0 Å². The van der Waals surface area contributed by atoms with E-state index in [0.717, 1.165) is 0 Å². The van der Waals surface area contributed by atoms with Crippen molar-refractivity contribution >= 4 is 39.0 Å². The lowest BCUT2D eigenvalue weighted by molar-refractivity contribution is -0.153. The average Bonchev–Trinajstić information content (AvgIpc) is 2.80. The molecule has 0 saturated carbocycles. The molecule has 0 aromatic heterocycles. The van der Waals surface area contributed by atoms with E-state index in [1.807, 2.05) is 0 Å². The van der Waals surface area contributed by atoms with E-state index in [1.54, 1.807) is 24.3 Å². The van der Waals surface area contributed by atoms with Crippen molar-refractivity contribution in [3.8, 4) is 0 Å². The molecular formula is C15H18ClNO5S. The van der Waals surface area contributed by atoms with Crippen molar-refractivity contribution in [2.24, 2.45) is 5.92 Å². The van der Waals surface area contributed by atoms with Gasteiger partial charge in [-0.3, -0.25) is 9.59 Å². The Bertz CT molecular complexity index is 686. The van der Waals surface area contributed by atoms with Gasteiger partial charge in [0.05, 0.1) is 11.5 Å². The molecule has 23 heavy (non-hydrogen) atoms. The molecule has 1 aromatic carbocycles. The quantitative estimate of drug-likeness (QED) is 0.812. The Morgan fingerprint density at radius 3 is 2.57 bits per heavy atom. The number of anilines is 1. The minimum atomic E-state index is -3.03. The molecule has 2 rings (SSSR count). The smallest absolute Gasteiger partial charge is 0.306 e. The van der Waals surface area contributed by atoms with Gasteiger partial charge in [-0.1, -0.05) is 11.6 Å². The fourth-order valence-corrected chi connectivity index (χ4v) is 4.33. The number of amides is 1. The average molecular weight is 360 g/mol. The number of hydrogen-bond acceptors (Lipinski definition) is 5. The van der Waals surface area contributed by atoms with Gasteiger partial charge in [0.15, 0.2) is 15.9 Å². The second-order valence-corrected chi connectivity index (χ2v) is 8.27. The minimum Gasteiger partial charge on any atom is -0.453 e. The Hall–Kier alpha value is -1.60. The summed E-state index contributed by atoms with van der Waals surface area (Å²) in [6, 6.07) is 6.54. The molecule has 0 aliphatic carbocycles. The summed E-state index contributed by atoms with van der Waals surface area (Å²) in [5.41, 5.74) is 0.546. The van der Waals surface area contributed by atoms with Crippen LogP contribution in [0.5, 0.6) is 0 Å². The highest BCUT2D eigenvalue weighted by Crippen LogP contribution is 2.22. The Kier molecular flexibility index (Phi) is 5.64. The van der Waals surface area contributed by atoms with Crippen molar-refractivity contribution in [2.45, 2.75) is 25.9 Å². The van der Waals surface area contributed by atoms with Gasteiger partial charge in [0.1, 0.15) is 0 Å². The summed E-state index contributed by atoms with van der Waals surface area (Å²) in [7, 11) is -3.03. The maximum atomic E-state index is 12.0. The van der Waals surface area contributed by atoms with Crippen LogP contribution in [0.2, 0.25) is 5.02 Å². The zero-order valence-electron chi connectivity index (χ0n) is 12.6. The summed E-state index contributed by atoms with van der Waals surface area (Å²) >= 11 is 5.76. The highest BCUT2D eigenvalue weighted by Gasteiger charge is 2.30. The van der Waals surface area contributed by atoms with Crippen LogP contribution in [0, 0.1) is 5.92 Å². The summed E-state index contributed by atoms with van der Waals surface area (Å²) in [4.78, 5) is 23.8. The van der Waals surface area contributed by atoms with E-state index in [9.17, 15) is 18.0 Å². The summed E-state index contributed by atoms with van der Waals surface area (Å²) in [6.45, 7) is 1.47. The molecule has 6 nitrogen and oxygen atoms in total. The van der Waals surface area contributed by atoms with Crippen LogP contribution in [0.3, 0.4) is 0 Å². The lowest BCUT2D eigenvalue weighted by Crippen LogP contribution is -2.30. The zero-order valence-corrected chi connectivity index (χ0v) is 14.2. The molecule has 1 heterocycles. The number of ether oxygens (including phenoxy) is 1. The molecule has 1 N–H and O–H groups in total. The number of carbonyl (C=O) groups is 2. The number of benzene rings is 1. The number of carbonyl (C=O) groups excluding carboxylic acids is 2. The minimum absolute atomic E-state index is 0.00739. The van der Waals surface area contributed by atoms with Gasteiger partial charge in [0, 0.05) is 17.1 Å². The maximum absolute atomic E-state index is 12.0.